The number of nitrogens with zero attached hydrogens (tertiary/aromatic N) is 2. The molecular weight excluding hydrogens is 154 g/mol. The Morgan fingerprint density at radius 3 is 3.08 bits per heavy atom. The first kappa shape index (κ1) is 7.58. The molecule has 1 aliphatic heterocycles. The van der Waals surface area contributed by atoms with Crippen LogP contribution in [0.3, 0.4) is 0 Å². The first-order valence-corrected chi connectivity index (χ1v) is 4.23. The lowest BCUT2D eigenvalue weighted by molar-refractivity contribution is 0.244. The van der Waals surface area contributed by atoms with Crippen molar-refractivity contribution in [3.8, 4) is 0 Å². The molecule has 1 aliphatic rings. The number of hydrogen-bond acceptors (Lipinski definition) is 2. The van der Waals surface area contributed by atoms with Gasteiger partial charge in [-0.15, -0.1) is 0 Å². The van der Waals surface area contributed by atoms with E-state index in [0.717, 1.165) is 25.2 Å². The van der Waals surface area contributed by atoms with Crippen LogP contribution in [-0.2, 0) is 13.0 Å². The third-order valence-electron chi connectivity index (χ3n) is 2.45. The summed E-state index contributed by atoms with van der Waals surface area (Å²) in [6, 6.07) is 0. The summed E-state index contributed by atoms with van der Waals surface area (Å²) < 4.78 is 1.74. The van der Waals surface area contributed by atoms with E-state index in [1.165, 1.54) is 0 Å². The van der Waals surface area contributed by atoms with Crippen molar-refractivity contribution in [1.82, 2.24) is 14.8 Å². The van der Waals surface area contributed by atoms with Crippen molar-refractivity contribution in [2.75, 3.05) is 0 Å². The molecule has 0 unspecified atom stereocenters. The molecule has 2 rings (SSSR count). The van der Waals surface area contributed by atoms with Gasteiger partial charge in [0, 0.05) is 13.0 Å². The predicted octanol–water partition coefficient (Wildman–Crippen LogP) is 0.544. The third-order valence-corrected chi connectivity index (χ3v) is 2.45. The van der Waals surface area contributed by atoms with E-state index in [1.807, 2.05) is 0 Å². The highest BCUT2D eigenvalue weighted by Crippen LogP contribution is 2.28. The van der Waals surface area contributed by atoms with Crippen LogP contribution in [0, 0.1) is 5.41 Å². The quantitative estimate of drug-likeness (QED) is 0.613. The second-order valence-corrected chi connectivity index (χ2v) is 4.20. The van der Waals surface area contributed by atoms with Gasteiger partial charge in [-0.1, -0.05) is 13.8 Å². The number of hydrogen-bond donors (Lipinski definition) is 1. The van der Waals surface area contributed by atoms with Crippen LogP contribution in [0.5, 0.6) is 0 Å². The summed E-state index contributed by atoms with van der Waals surface area (Å²) in [6.45, 7) is 5.14. The van der Waals surface area contributed by atoms with E-state index in [2.05, 4.69) is 24.0 Å². The van der Waals surface area contributed by atoms with Crippen molar-refractivity contribution in [2.24, 2.45) is 5.41 Å². The monoisotopic (exact) mass is 167 g/mol. The Balaban J connectivity index is 2.45. The zero-order valence-corrected chi connectivity index (χ0v) is 7.42. The number of nitrogens with one attached hydrogen (secondary N) is 1. The second kappa shape index (κ2) is 2.21. The maximum absolute atomic E-state index is 11.2. The van der Waals surface area contributed by atoms with Gasteiger partial charge in [0.2, 0.25) is 0 Å². The summed E-state index contributed by atoms with van der Waals surface area (Å²) in [6.07, 6.45) is 2.02. The molecule has 0 aromatic carbocycles. The number of rotatable bonds is 0. The number of H-pyrrole nitrogens is 1. The van der Waals surface area contributed by atoms with E-state index in [1.54, 1.807) is 4.57 Å². The first-order chi connectivity index (χ1) is 5.58. The van der Waals surface area contributed by atoms with Gasteiger partial charge in [-0.2, -0.15) is 5.10 Å². The molecule has 0 amide bonds. The molecule has 4 heteroatoms. The average molecular weight is 167 g/mol. The Bertz CT molecular complexity index is 347. The van der Waals surface area contributed by atoms with Crippen LogP contribution < -0.4 is 5.69 Å². The molecule has 0 aliphatic carbocycles. The lowest BCUT2D eigenvalue weighted by Crippen LogP contribution is -2.32. The lowest BCUT2D eigenvalue weighted by Gasteiger charge is -2.29. The molecule has 0 bridgehead atoms. The van der Waals surface area contributed by atoms with Crippen molar-refractivity contribution in [2.45, 2.75) is 33.2 Å². The minimum Gasteiger partial charge on any atom is -0.279 e. The highest BCUT2D eigenvalue weighted by molar-refractivity contribution is 4.94. The zero-order valence-electron chi connectivity index (χ0n) is 7.42. The topological polar surface area (TPSA) is 50.7 Å². The van der Waals surface area contributed by atoms with Crippen LogP contribution in [0.2, 0.25) is 0 Å². The molecule has 66 valence electrons. The molecule has 12 heavy (non-hydrogen) atoms. The fourth-order valence-corrected chi connectivity index (χ4v) is 1.66. The smallest absolute Gasteiger partial charge is 0.279 e. The first-order valence-electron chi connectivity index (χ1n) is 4.23. The van der Waals surface area contributed by atoms with Gasteiger partial charge in [0.1, 0.15) is 5.82 Å². The van der Waals surface area contributed by atoms with E-state index in [0.29, 0.717) is 0 Å². The summed E-state index contributed by atoms with van der Waals surface area (Å²) in [5, 5.41) is 6.42. The van der Waals surface area contributed by atoms with Gasteiger partial charge >= 0.3 is 5.69 Å². The highest BCUT2D eigenvalue weighted by Gasteiger charge is 2.27. The Labute approximate surface area is 70.6 Å². The van der Waals surface area contributed by atoms with Crippen LogP contribution in [0.15, 0.2) is 4.79 Å². The van der Waals surface area contributed by atoms with E-state index < -0.39 is 0 Å². The normalized spacial score (nSPS) is 20.5. The standard InChI is InChI=1S/C8H13N3O/c1-8(2)4-3-6-9-10-7(12)11(6)5-8/h3-5H2,1-2H3,(H,10,12). The summed E-state index contributed by atoms with van der Waals surface area (Å²) in [7, 11) is 0. The van der Waals surface area contributed by atoms with Gasteiger partial charge in [0.05, 0.1) is 0 Å². The highest BCUT2D eigenvalue weighted by atomic mass is 16.1. The van der Waals surface area contributed by atoms with Crippen molar-refractivity contribution in [3.63, 3.8) is 0 Å². The minimum atomic E-state index is -0.0715. The Morgan fingerprint density at radius 1 is 1.58 bits per heavy atom. The van der Waals surface area contributed by atoms with Gasteiger partial charge < -0.3 is 0 Å². The minimum absolute atomic E-state index is 0.0715. The number of aromatic amines is 1. The van der Waals surface area contributed by atoms with Gasteiger partial charge in [-0.3, -0.25) is 4.57 Å². The predicted molar refractivity (Wildman–Crippen MR) is 44.9 cm³/mol. The fraction of sp³-hybridized carbons (Fsp3) is 0.750. The lowest BCUT2D eigenvalue weighted by atomic mass is 9.85. The molecular formula is C8H13N3O. The molecule has 2 heterocycles. The largest absolute Gasteiger partial charge is 0.343 e. The van der Waals surface area contributed by atoms with Crippen LogP contribution in [0.25, 0.3) is 0 Å². The Kier molecular flexibility index (Phi) is 1.40. The number of fused-ring (bicyclic) bond motifs is 1. The number of aromatic nitrogens is 3. The molecule has 1 aromatic heterocycles. The van der Waals surface area contributed by atoms with Crippen molar-refractivity contribution in [3.05, 3.63) is 16.3 Å². The van der Waals surface area contributed by atoms with Crippen LogP contribution in [0.1, 0.15) is 26.1 Å². The molecule has 1 N–H and O–H groups in total. The summed E-state index contributed by atoms with van der Waals surface area (Å²) in [5.41, 5.74) is 0.165. The van der Waals surface area contributed by atoms with Crippen LogP contribution >= 0.6 is 0 Å². The molecule has 0 atom stereocenters. The van der Waals surface area contributed by atoms with Crippen molar-refractivity contribution in [1.29, 1.82) is 0 Å². The maximum Gasteiger partial charge on any atom is 0.343 e. The van der Waals surface area contributed by atoms with Crippen LogP contribution in [0.4, 0.5) is 0 Å². The van der Waals surface area contributed by atoms with Gasteiger partial charge in [0.15, 0.2) is 0 Å². The van der Waals surface area contributed by atoms with Crippen LogP contribution in [-0.4, -0.2) is 14.8 Å². The van der Waals surface area contributed by atoms with Gasteiger partial charge in [0.25, 0.3) is 0 Å². The van der Waals surface area contributed by atoms with Gasteiger partial charge in [-0.05, 0) is 11.8 Å². The second-order valence-electron chi connectivity index (χ2n) is 4.20. The van der Waals surface area contributed by atoms with Crippen molar-refractivity contribution >= 4 is 0 Å². The molecule has 0 saturated carbocycles. The zero-order chi connectivity index (χ0) is 8.77. The molecule has 4 nitrogen and oxygen atoms in total. The number of aryl methyl sites for hydroxylation is 1. The SMILES string of the molecule is CC1(C)CCc2n[nH]c(=O)n2C1. The Hall–Kier alpha value is -1.06. The summed E-state index contributed by atoms with van der Waals surface area (Å²) >= 11 is 0. The summed E-state index contributed by atoms with van der Waals surface area (Å²) in [4.78, 5) is 11.2. The maximum atomic E-state index is 11.2. The molecule has 1 aromatic rings. The van der Waals surface area contributed by atoms with E-state index >= 15 is 0 Å². The fourth-order valence-electron chi connectivity index (χ4n) is 1.66. The Morgan fingerprint density at radius 2 is 2.33 bits per heavy atom. The molecule has 0 spiro atoms. The van der Waals surface area contributed by atoms with E-state index in [9.17, 15) is 4.79 Å². The van der Waals surface area contributed by atoms with Gasteiger partial charge in [-0.25, -0.2) is 9.89 Å². The van der Waals surface area contributed by atoms with E-state index in [4.69, 9.17) is 0 Å². The molecule has 0 saturated heterocycles. The third kappa shape index (κ3) is 1.07. The summed E-state index contributed by atoms with van der Waals surface area (Å²) in [5.74, 6) is 0.902. The molecule has 0 fully saturated rings. The molecule has 0 radical (unpaired) electrons. The van der Waals surface area contributed by atoms with Crippen molar-refractivity contribution < 1.29 is 0 Å². The van der Waals surface area contributed by atoms with E-state index in [-0.39, 0.29) is 11.1 Å². The average Bonchev–Trinajstić information content (AvgIpc) is 2.31.